The number of nitro benzene ring substituents is 1. The third kappa shape index (κ3) is 3.70. The van der Waals surface area contributed by atoms with Gasteiger partial charge in [0, 0.05) is 11.8 Å². The molecule has 1 atom stereocenters. The third-order valence-corrected chi connectivity index (χ3v) is 3.26. The lowest BCUT2D eigenvalue weighted by atomic mass is 10.2. The minimum atomic E-state index is -0.947. The topological polar surface area (TPSA) is 80.4 Å². The van der Waals surface area contributed by atoms with Gasteiger partial charge >= 0.3 is 11.7 Å². The predicted octanol–water partition coefficient (Wildman–Crippen LogP) is 2.44. The molecular weight excluding hydrogens is 249 g/mol. The summed E-state index contributed by atoms with van der Waals surface area (Å²) in [6.45, 7) is 1.52. The van der Waals surface area contributed by atoms with Crippen molar-refractivity contribution in [2.75, 3.05) is 0 Å². The van der Waals surface area contributed by atoms with E-state index in [1.165, 1.54) is 13.0 Å². The van der Waals surface area contributed by atoms with Gasteiger partial charge in [-0.3, -0.25) is 14.9 Å². The van der Waals surface area contributed by atoms with E-state index >= 15 is 0 Å². The van der Waals surface area contributed by atoms with Gasteiger partial charge in [0.25, 0.3) is 0 Å². The van der Waals surface area contributed by atoms with E-state index in [4.69, 9.17) is 5.11 Å². The highest BCUT2D eigenvalue weighted by molar-refractivity contribution is 7.99. The SMILES string of the molecule is CC(SCc1ccc([N+](=O)[O-])c(F)c1)C(=O)O. The maximum absolute atomic E-state index is 13.2. The molecule has 0 fully saturated rings. The molecule has 0 aliphatic heterocycles. The minimum absolute atomic E-state index is 0.294. The van der Waals surface area contributed by atoms with Gasteiger partial charge in [-0.1, -0.05) is 6.07 Å². The molecule has 0 spiro atoms. The number of halogens is 1. The van der Waals surface area contributed by atoms with E-state index in [1.807, 2.05) is 0 Å². The number of nitrogens with zero attached hydrogens (tertiary/aromatic N) is 1. The van der Waals surface area contributed by atoms with Crippen LogP contribution in [0.15, 0.2) is 18.2 Å². The average molecular weight is 259 g/mol. The normalized spacial score (nSPS) is 12.1. The number of carbonyl (C=O) groups is 1. The van der Waals surface area contributed by atoms with Crippen molar-refractivity contribution in [3.05, 3.63) is 39.7 Å². The van der Waals surface area contributed by atoms with Crippen molar-refractivity contribution in [3.63, 3.8) is 0 Å². The molecule has 1 aromatic rings. The van der Waals surface area contributed by atoms with Crippen LogP contribution < -0.4 is 0 Å². The summed E-state index contributed by atoms with van der Waals surface area (Å²) in [7, 11) is 0. The van der Waals surface area contributed by atoms with Gasteiger partial charge in [-0.2, -0.15) is 4.39 Å². The first-order valence-electron chi connectivity index (χ1n) is 4.69. The molecule has 1 aromatic carbocycles. The van der Waals surface area contributed by atoms with Crippen LogP contribution in [0.3, 0.4) is 0 Å². The maximum atomic E-state index is 13.2. The summed E-state index contributed by atoms with van der Waals surface area (Å²) in [5.74, 6) is -1.56. The fourth-order valence-electron chi connectivity index (χ4n) is 1.08. The van der Waals surface area contributed by atoms with Crippen LogP contribution in [0.1, 0.15) is 12.5 Å². The van der Waals surface area contributed by atoms with E-state index in [-0.39, 0.29) is 0 Å². The van der Waals surface area contributed by atoms with Crippen molar-refractivity contribution in [2.24, 2.45) is 0 Å². The van der Waals surface area contributed by atoms with Gasteiger partial charge in [0.1, 0.15) is 0 Å². The van der Waals surface area contributed by atoms with Crippen LogP contribution in [-0.2, 0) is 10.5 Å². The summed E-state index contributed by atoms with van der Waals surface area (Å²) >= 11 is 1.12. The molecule has 0 aromatic heterocycles. The fraction of sp³-hybridized carbons (Fsp3) is 0.300. The van der Waals surface area contributed by atoms with E-state index in [2.05, 4.69) is 0 Å². The molecule has 0 radical (unpaired) electrons. The van der Waals surface area contributed by atoms with Gasteiger partial charge in [0.2, 0.25) is 5.82 Å². The summed E-state index contributed by atoms with van der Waals surface area (Å²) in [6, 6.07) is 3.55. The summed E-state index contributed by atoms with van der Waals surface area (Å²) in [5.41, 5.74) is -0.0590. The Morgan fingerprint density at radius 2 is 2.29 bits per heavy atom. The standard InChI is InChI=1S/C10H10FNO4S/c1-6(10(13)14)17-5-7-2-3-9(12(15)16)8(11)4-7/h2-4,6H,5H2,1H3,(H,13,14). The van der Waals surface area contributed by atoms with Crippen LogP contribution in [0.5, 0.6) is 0 Å². The summed E-state index contributed by atoms with van der Waals surface area (Å²) in [6.07, 6.45) is 0. The number of carboxylic acid groups (broad SMARTS) is 1. The van der Waals surface area contributed by atoms with Crippen LogP contribution in [0.25, 0.3) is 0 Å². The number of rotatable bonds is 5. The van der Waals surface area contributed by atoms with E-state index in [0.717, 1.165) is 23.9 Å². The first-order chi connectivity index (χ1) is 7.91. The van der Waals surface area contributed by atoms with Gasteiger partial charge in [0.15, 0.2) is 0 Å². The maximum Gasteiger partial charge on any atom is 0.316 e. The monoisotopic (exact) mass is 259 g/mol. The van der Waals surface area contributed by atoms with Crippen LogP contribution in [0.2, 0.25) is 0 Å². The van der Waals surface area contributed by atoms with E-state index in [1.54, 1.807) is 0 Å². The molecular formula is C10H10FNO4S. The highest BCUT2D eigenvalue weighted by atomic mass is 32.2. The van der Waals surface area contributed by atoms with Crippen LogP contribution >= 0.6 is 11.8 Å². The van der Waals surface area contributed by atoms with Crippen molar-refractivity contribution < 1.29 is 19.2 Å². The van der Waals surface area contributed by atoms with Gasteiger partial charge in [-0.25, -0.2) is 0 Å². The number of hydrogen-bond donors (Lipinski definition) is 1. The zero-order valence-corrected chi connectivity index (χ0v) is 9.74. The zero-order valence-electron chi connectivity index (χ0n) is 8.92. The van der Waals surface area contributed by atoms with Crippen LogP contribution in [0.4, 0.5) is 10.1 Å². The quantitative estimate of drug-likeness (QED) is 0.648. The smallest absolute Gasteiger partial charge is 0.316 e. The number of benzene rings is 1. The molecule has 0 saturated heterocycles. The predicted molar refractivity (Wildman–Crippen MR) is 61.4 cm³/mol. The Bertz CT molecular complexity index is 452. The third-order valence-electron chi connectivity index (χ3n) is 2.06. The molecule has 0 amide bonds. The minimum Gasteiger partial charge on any atom is -0.480 e. The molecule has 0 bridgehead atoms. The second-order valence-electron chi connectivity index (χ2n) is 3.33. The highest BCUT2D eigenvalue weighted by Gasteiger charge is 2.15. The second kappa shape index (κ2) is 5.62. The molecule has 1 N–H and O–H groups in total. The average Bonchev–Trinajstić information content (AvgIpc) is 2.25. The second-order valence-corrected chi connectivity index (χ2v) is 4.66. The molecule has 0 saturated carbocycles. The fourth-order valence-corrected chi connectivity index (χ4v) is 1.85. The number of nitro groups is 1. The lowest BCUT2D eigenvalue weighted by Crippen LogP contribution is -2.11. The lowest BCUT2D eigenvalue weighted by Gasteiger charge is -2.05. The molecule has 0 aliphatic rings. The number of aliphatic carboxylic acids is 1. The zero-order chi connectivity index (χ0) is 13.0. The highest BCUT2D eigenvalue weighted by Crippen LogP contribution is 2.22. The summed E-state index contributed by atoms with van der Waals surface area (Å²) in [5, 5.41) is 18.4. The number of carboxylic acids is 1. The summed E-state index contributed by atoms with van der Waals surface area (Å²) in [4.78, 5) is 20.1. The van der Waals surface area contributed by atoms with Crippen LogP contribution in [0, 0.1) is 15.9 Å². The van der Waals surface area contributed by atoms with Crippen molar-refractivity contribution in [2.45, 2.75) is 17.9 Å². The van der Waals surface area contributed by atoms with E-state index < -0.39 is 27.6 Å². The molecule has 17 heavy (non-hydrogen) atoms. The first-order valence-corrected chi connectivity index (χ1v) is 5.74. The Kier molecular flexibility index (Phi) is 4.45. The molecule has 0 aliphatic carbocycles. The lowest BCUT2D eigenvalue weighted by molar-refractivity contribution is -0.387. The Balaban J connectivity index is 2.71. The summed E-state index contributed by atoms with van der Waals surface area (Å²) < 4.78 is 13.2. The largest absolute Gasteiger partial charge is 0.480 e. The van der Waals surface area contributed by atoms with Gasteiger partial charge in [0.05, 0.1) is 10.2 Å². The Labute approximate surface area is 101 Å². The van der Waals surface area contributed by atoms with Gasteiger partial charge in [-0.05, 0) is 18.6 Å². The van der Waals surface area contributed by atoms with E-state index in [0.29, 0.717) is 11.3 Å². The Morgan fingerprint density at radius 3 is 2.76 bits per heavy atom. The molecule has 92 valence electrons. The van der Waals surface area contributed by atoms with Gasteiger partial charge in [-0.15, -0.1) is 11.8 Å². The number of thioether (sulfide) groups is 1. The Morgan fingerprint density at radius 1 is 1.65 bits per heavy atom. The van der Waals surface area contributed by atoms with Crippen molar-refractivity contribution in [1.29, 1.82) is 0 Å². The van der Waals surface area contributed by atoms with Crippen molar-refractivity contribution in [3.8, 4) is 0 Å². The van der Waals surface area contributed by atoms with Gasteiger partial charge < -0.3 is 5.11 Å². The van der Waals surface area contributed by atoms with E-state index in [9.17, 15) is 19.3 Å². The molecule has 1 unspecified atom stereocenters. The van der Waals surface area contributed by atoms with Crippen molar-refractivity contribution in [1.82, 2.24) is 0 Å². The molecule has 0 heterocycles. The van der Waals surface area contributed by atoms with Crippen LogP contribution in [-0.4, -0.2) is 21.2 Å². The molecule has 1 rings (SSSR count). The molecule has 7 heteroatoms. The molecule has 5 nitrogen and oxygen atoms in total. The first kappa shape index (κ1) is 13.4. The number of hydrogen-bond acceptors (Lipinski definition) is 4. The van der Waals surface area contributed by atoms with Crippen molar-refractivity contribution >= 4 is 23.4 Å². The Hall–Kier alpha value is -1.63.